The second kappa shape index (κ2) is 18.4. The predicted molar refractivity (Wildman–Crippen MR) is 200 cm³/mol. The summed E-state index contributed by atoms with van der Waals surface area (Å²) >= 11 is 0. The van der Waals surface area contributed by atoms with Crippen LogP contribution in [0, 0.1) is 6.92 Å². The maximum absolute atomic E-state index is 13.6. The zero-order valence-electron chi connectivity index (χ0n) is 31.0. The van der Waals surface area contributed by atoms with E-state index >= 15 is 0 Å². The second-order valence-electron chi connectivity index (χ2n) is 12.9. The molecule has 1 atom stereocenters. The number of hydrogen-bond donors (Lipinski definition) is 1. The highest BCUT2D eigenvalue weighted by molar-refractivity contribution is 5.96. The van der Waals surface area contributed by atoms with Crippen molar-refractivity contribution < 1.29 is 23.8 Å². The second-order valence-corrected chi connectivity index (χ2v) is 12.9. The Morgan fingerprint density at radius 3 is 2.20 bits per heavy atom. The van der Waals surface area contributed by atoms with Crippen LogP contribution in [0.1, 0.15) is 67.7 Å². The van der Waals surface area contributed by atoms with Gasteiger partial charge in [-0.25, -0.2) is 4.98 Å². The fourth-order valence-corrected chi connectivity index (χ4v) is 6.83. The number of carbonyl (C=O) groups is 2. The molecular weight excluding hydrogens is 630 g/mol. The predicted octanol–water partition coefficient (Wildman–Crippen LogP) is 6.49. The van der Waals surface area contributed by atoms with Crippen molar-refractivity contribution in [3.05, 3.63) is 83.7 Å². The molecule has 2 heterocycles. The fraction of sp³-hybridized carbons (Fsp3) is 0.475. The summed E-state index contributed by atoms with van der Waals surface area (Å²) in [4.78, 5) is 33.9. The number of ether oxygens (including phenoxy) is 3. The third-order valence-corrected chi connectivity index (χ3v) is 9.64. The maximum atomic E-state index is 13.6. The van der Waals surface area contributed by atoms with Crippen molar-refractivity contribution in [3.63, 3.8) is 0 Å². The zero-order chi connectivity index (χ0) is 36.1. The van der Waals surface area contributed by atoms with Crippen molar-refractivity contribution >= 4 is 22.8 Å². The summed E-state index contributed by atoms with van der Waals surface area (Å²) in [5, 5.41) is 2.61. The van der Waals surface area contributed by atoms with Gasteiger partial charge in [0.1, 0.15) is 12.4 Å². The summed E-state index contributed by atoms with van der Waals surface area (Å²) in [5.41, 5.74) is 3.76. The molecule has 1 saturated heterocycles. The van der Waals surface area contributed by atoms with Crippen LogP contribution >= 0.6 is 0 Å². The first kappa shape index (κ1) is 38.2. The lowest BCUT2D eigenvalue weighted by molar-refractivity contribution is -0.121. The van der Waals surface area contributed by atoms with Gasteiger partial charge in [0.15, 0.2) is 11.5 Å². The van der Waals surface area contributed by atoms with Gasteiger partial charge < -0.3 is 33.9 Å². The Morgan fingerprint density at radius 1 is 0.900 bits per heavy atom. The smallest absolute Gasteiger partial charge is 0.254 e. The van der Waals surface area contributed by atoms with E-state index < -0.39 is 0 Å². The minimum Gasteiger partial charge on any atom is -0.493 e. The molecule has 0 saturated carbocycles. The molecule has 5 rings (SSSR count). The van der Waals surface area contributed by atoms with Gasteiger partial charge in [-0.15, -0.1) is 0 Å². The number of carbonyl (C=O) groups excluding carboxylic acids is 2. The Morgan fingerprint density at radius 2 is 1.58 bits per heavy atom. The highest BCUT2D eigenvalue weighted by Gasteiger charge is 2.41. The molecule has 1 unspecified atom stereocenters. The van der Waals surface area contributed by atoms with Gasteiger partial charge in [0.25, 0.3) is 5.91 Å². The van der Waals surface area contributed by atoms with Crippen LogP contribution in [0.25, 0.3) is 11.0 Å². The number of fused-ring (bicyclic) bond motifs is 1. The third kappa shape index (κ3) is 9.15. The van der Waals surface area contributed by atoms with Gasteiger partial charge in [-0.05, 0) is 82.1 Å². The van der Waals surface area contributed by atoms with Crippen molar-refractivity contribution in [2.75, 3.05) is 61.1 Å². The number of imidazole rings is 1. The summed E-state index contributed by atoms with van der Waals surface area (Å²) in [6, 6.07) is 22.1. The molecule has 270 valence electrons. The number of rotatable bonds is 15. The van der Waals surface area contributed by atoms with E-state index in [1.54, 1.807) is 40.5 Å². The summed E-state index contributed by atoms with van der Waals surface area (Å²) in [6.07, 6.45) is 5.60. The average molecular weight is 686 g/mol. The molecule has 3 aromatic carbocycles. The van der Waals surface area contributed by atoms with E-state index in [1.807, 2.05) is 40.7 Å². The Kier molecular flexibility index (Phi) is 14.1. The van der Waals surface area contributed by atoms with Crippen LogP contribution in [0.3, 0.4) is 0 Å². The number of aromatic nitrogens is 2. The lowest BCUT2D eigenvalue weighted by Crippen LogP contribution is -2.38. The molecule has 0 aliphatic carbocycles. The minimum atomic E-state index is -0.0459. The van der Waals surface area contributed by atoms with Crippen LogP contribution in [0.2, 0.25) is 0 Å². The molecule has 1 aliphatic rings. The first-order valence-corrected chi connectivity index (χ1v) is 17.7. The number of unbranched alkanes of at least 4 members (excludes halogenated alkanes) is 1. The van der Waals surface area contributed by atoms with Crippen molar-refractivity contribution in [1.29, 1.82) is 0 Å². The largest absolute Gasteiger partial charge is 0.493 e. The normalized spacial score (nSPS) is 15.5. The molecule has 10 nitrogen and oxygen atoms in total. The van der Waals surface area contributed by atoms with Gasteiger partial charge in [-0.1, -0.05) is 62.7 Å². The van der Waals surface area contributed by atoms with Crippen molar-refractivity contribution in [3.8, 4) is 17.2 Å². The molecule has 4 aromatic rings. The minimum absolute atomic E-state index is 0.00143. The van der Waals surface area contributed by atoms with Crippen LogP contribution in [-0.2, 0) is 16.8 Å². The number of aryl methyl sites for hydroxylation is 1. The molecular formula is C40H55N5O5. The number of nitrogens with zero attached hydrogens (tertiary/aromatic N) is 4. The lowest BCUT2D eigenvalue weighted by atomic mass is 9.76. The number of nitrogens with one attached hydrogen (secondary N) is 1. The summed E-state index contributed by atoms with van der Waals surface area (Å²) in [6.45, 7) is 11.5. The number of likely N-dealkylation sites (tertiary alicyclic amines) is 1. The standard InChI is InChI=1S/C29H42N2O4.C11H13N3O/c1-6-8-17-30(16-7-2)18-14-29(24-12-10-9-11-13-24)15-19-31(22-29)28(32)23-20-25(33-3)27(35-5)26(21-23)34-4;1-8-13-9-5-3-4-6-10(9)14(8)7-11(15)12-2/h9-13,20-21H,6-8,14-19,22H2,1-5H3;3-6H,7H2,1-2H3,(H,12,15). The summed E-state index contributed by atoms with van der Waals surface area (Å²) < 4.78 is 18.3. The van der Waals surface area contributed by atoms with E-state index in [9.17, 15) is 9.59 Å². The molecule has 2 amide bonds. The van der Waals surface area contributed by atoms with Crippen molar-refractivity contribution in [2.24, 2.45) is 0 Å². The molecule has 0 spiro atoms. The highest BCUT2D eigenvalue weighted by Crippen LogP contribution is 2.41. The monoisotopic (exact) mass is 685 g/mol. The third-order valence-electron chi connectivity index (χ3n) is 9.64. The van der Waals surface area contributed by atoms with Gasteiger partial charge in [0.2, 0.25) is 11.7 Å². The number of hydrogen-bond acceptors (Lipinski definition) is 7. The lowest BCUT2D eigenvalue weighted by Gasteiger charge is -2.33. The van der Waals surface area contributed by atoms with Crippen LogP contribution < -0.4 is 19.5 Å². The number of methoxy groups -OCH3 is 3. The van der Waals surface area contributed by atoms with E-state index in [0.29, 0.717) is 35.9 Å². The Hall–Kier alpha value is -4.57. The fourth-order valence-electron chi connectivity index (χ4n) is 6.83. The molecule has 0 bridgehead atoms. The van der Waals surface area contributed by atoms with Gasteiger partial charge in [-0.2, -0.15) is 0 Å². The highest BCUT2D eigenvalue weighted by atomic mass is 16.5. The molecule has 1 aliphatic heterocycles. The van der Waals surface area contributed by atoms with E-state index in [-0.39, 0.29) is 17.2 Å². The molecule has 1 N–H and O–H groups in total. The Balaban J connectivity index is 0.000000310. The van der Waals surface area contributed by atoms with E-state index in [1.165, 1.54) is 18.4 Å². The van der Waals surface area contributed by atoms with Gasteiger partial charge >= 0.3 is 0 Å². The van der Waals surface area contributed by atoms with Gasteiger partial charge in [0.05, 0.1) is 32.4 Å². The van der Waals surface area contributed by atoms with E-state index in [0.717, 1.165) is 62.3 Å². The van der Waals surface area contributed by atoms with Gasteiger partial charge in [0, 0.05) is 31.1 Å². The van der Waals surface area contributed by atoms with Crippen LogP contribution in [0.15, 0.2) is 66.7 Å². The number of likely N-dealkylation sites (N-methyl/N-ethyl adjacent to an activating group) is 1. The quantitative estimate of drug-likeness (QED) is 0.153. The van der Waals surface area contributed by atoms with Crippen LogP contribution in [0.5, 0.6) is 17.2 Å². The summed E-state index contributed by atoms with van der Waals surface area (Å²) in [7, 11) is 6.35. The summed E-state index contributed by atoms with van der Waals surface area (Å²) in [5.74, 6) is 2.33. The average Bonchev–Trinajstić information content (AvgIpc) is 3.73. The van der Waals surface area contributed by atoms with Crippen LogP contribution in [-0.4, -0.2) is 92.3 Å². The van der Waals surface area contributed by atoms with Crippen molar-refractivity contribution in [1.82, 2.24) is 24.7 Å². The molecule has 10 heteroatoms. The van der Waals surface area contributed by atoms with E-state index in [4.69, 9.17) is 14.2 Å². The first-order valence-electron chi connectivity index (χ1n) is 17.7. The zero-order valence-corrected chi connectivity index (χ0v) is 31.0. The Labute approximate surface area is 297 Å². The maximum Gasteiger partial charge on any atom is 0.254 e. The SMILES string of the molecule is CCCCN(CCC)CCC1(c2ccccc2)CCN(C(=O)c2cc(OC)c(OC)c(OC)c2)C1.CNC(=O)Cn1c(C)nc2ccccc21. The van der Waals surface area contributed by atoms with Gasteiger partial charge in [-0.3, -0.25) is 9.59 Å². The van der Waals surface area contributed by atoms with E-state index in [2.05, 4.69) is 59.4 Å². The first-order chi connectivity index (χ1) is 24.2. The molecule has 1 aromatic heterocycles. The molecule has 0 radical (unpaired) electrons. The number of para-hydroxylation sites is 2. The molecule has 1 fully saturated rings. The Bertz CT molecular complexity index is 1670. The number of amides is 2. The van der Waals surface area contributed by atoms with Crippen molar-refractivity contribution in [2.45, 2.75) is 64.8 Å². The number of benzene rings is 3. The molecule has 50 heavy (non-hydrogen) atoms. The van der Waals surface area contributed by atoms with Crippen LogP contribution in [0.4, 0.5) is 0 Å². The topological polar surface area (TPSA) is 98.2 Å².